The second kappa shape index (κ2) is 4.99. The molecule has 0 aromatic rings. The number of rotatable bonds is 4. The number of carbonyl (C=O) groups excluding carboxylic acids is 2. The topological polar surface area (TPSA) is 58.2 Å². The average molecular weight is 292 g/mol. The van der Waals surface area contributed by atoms with E-state index >= 15 is 0 Å². The molecule has 0 aliphatic heterocycles. The van der Waals surface area contributed by atoms with Gasteiger partial charge in [-0.15, -0.1) is 0 Å². The van der Waals surface area contributed by atoms with E-state index in [1.807, 2.05) is 0 Å². The maximum Gasteiger partial charge on any atom is 0.226 e. The molecule has 4 heteroatoms. The smallest absolute Gasteiger partial charge is 0.226 e. The summed E-state index contributed by atoms with van der Waals surface area (Å²) in [6.07, 6.45) is 6.28. The molecule has 4 rings (SSSR count). The van der Waals surface area contributed by atoms with Gasteiger partial charge in [0.15, 0.2) is 0 Å². The van der Waals surface area contributed by atoms with E-state index in [9.17, 15) is 9.59 Å². The Bertz CT molecular complexity index is 444. The average Bonchev–Trinajstić information content (AvgIpc) is 2.32. The van der Waals surface area contributed by atoms with E-state index in [0.29, 0.717) is 17.8 Å². The van der Waals surface area contributed by atoms with Crippen LogP contribution < -0.4 is 10.6 Å². The van der Waals surface area contributed by atoms with Gasteiger partial charge in [-0.2, -0.15) is 0 Å². The minimum absolute atomic E-state index is 0.0506. The van der Waals surface area contributed by atoms with Crippen LogP contribution >= 0.6 is 0 Å². The predicted molar refractivity (Wildman–Crippen MR) is 81.5 cm³/mol. The van der Waals surface area contributed by atoms with Crippen LogP contribution in [0.4, 0.5) is 0 Å². The van der Waals surface area contributed by atoms with E-state index in [2.05, 4.69) is 24.5 Å². The van der Waals surface area contributed by atoms with Crippen molar-refractivity contribution >= 4 is 11.8 Å². The maximum absolute atomic E-state index is 12.8. The minimum atomic E-state index is -0.221. The number of hydrogen-bond acceptors (Lipinski definition) is 2. The lowest BCUT2D eigenvalue weighted by Gasteiger charge is -2.61. The summed E-state index contributed by atoms with van der Waals surface area (Å²) in [5.74, 6) is 1.99. The van der Waals surface area contributed by atoms with Gasteiger partial charge in [0, 0.05) is 19.0 Å². The zero-order valence-corrected chi connectivity index (χ0v) is 13.5. The lowest BCUT2D eigenvalue weighted by molar-refractivity contribution is -0.153. The molecule has 4 saturated carbocycles. The summed E-state index contributed by atoms with van der Waals surface area (Å²) in [4.78, 5) is 24.4. The van der Waals surface area contributed by atoms with Crippen LogP contribution in [0.2, 0.25) is 0 Å². The Hall–Kier alpha value is -1.06. The Kier molecular flexibility index (Phi) is 3.53. The molecular formula is C17H28N2O2. The molecule has 118 valence electrons. The minimum Gasteiger partial charge on any atom is -0.355 e. The fraction of sp³-hybridized carbons (Fsp3) is 0.882. The van der Waals surface area contributed by atoms with E-state index in [4.69, 9.17) is 0 Å². The van der Waals surface area contributed by atoms with Gasteiger partial charge in [0.25, 0.3) is 0 Å². The molecule has 4 atom stereocenters. The molecule has 2 amide bonds. The highest BCUT2D eigenvalue weighted by molar-refractivity contribution is 5.84. The molecule has 4 nitrogen and oxygen atoms in total. The molecule has 0 saturated heterocycles. The van der Waals surface area contributed by atoms with Gasteiger partial charge in [-0.3, -0.25) is 9.59 Å². The summed E-state index contributed by atoms with van der Waals surface area (Å²) in [6, 6.07) is 0. The predicted octanol–water partition coefficient (Wildman–Crippen LogP) is 2.23. The lowest BCUT2D eigenvalue weighted by atomic mass is 9.46. The largest absolute Gasteiger partial charge is 0.355 e. The fourth-order valence-corrected chi connectivity index (χ4v) is 5.53. The Morgan fingerprint density at radius 3 is 2.29 bits per heavy atom. The number of carbonyl (C=O) groups is 2. The quantitative estimate of drug-likeness (QED) is 0.835. The lowest BCUT2D eigenvalue weighted by Crippen LogP contribution is -2.65. The third-order valence-corrected chi connectivity index (χ3v) is 5.65. The van der Waals surface area contributed by atoms with Crippen LogP contribution in [0.5, 0.6) is 0 Å². The summed E-state index contributed by atoms with van der Waals surface area (Å²) in [6.45, 7) is 6.60. The summed E-state index contributed by atoms with van der Waals surface area (Å²) in [7, 11) is 0. The van der Waals surface area contributed by atoms with Crippen LogP contribution in [0.1, 0.15) is 59.3 Å². The maximum atomic E-state index is 12.8. The molecule has 4 fully saturated rings. The van der Waals surface area contributed by atoms with Crippen molar-refractivity contribution in [1.29, 1.82) is 0 Å². The molecule has 4 aliphatic carbocycles. The van der Waals surface area contributed by atoms with E-state index in [0.717, 1.165) is 38.6 Å². The first-order valence-electron chi connectivity index (χ1n) is 8.40. The monoisotopic (exact) mass is 292 g/mol. The van der Waals surface area contributed by atoms with Gasteiger partial charge in [0.2, 0.25) is 11.8 Å². The van der Waals surface area contributed by atoms with Crippen LogP contribution in [0.3, 0.4) is 0 Å². The van der Waals surface area contributed by atoms with Crippen molar-refractivity contribution in [3.8, 4) is 0 Å². The van der Waals surface area contributed by atoms with Crippen molar-refractivity contribution in [3.05, 3.63) is 0 Å². The molecule has 2 unspecified atom stereocenters. The van der Waals surface area contributed by atoms with Gasteiger partial charge >= 0.3 is 0 Å². The summed E-state index contributed by atoms with van der Waals surface area (Å²) in [5.41, 5.74) is -0.327. The fourth-order valence-electron chi connectivity index (χ4n) is 5.53. The van der Waals surface area contributed by atoms with Crippen molar-refractivity contribution in [2.45, 2.75) is 64.8 Å². The van der Waals surface area contributed by atoms with Gasteiger partial charge in [-0.25, -0.2) is 0 Å². The van der Waals surface area contributed by atoms with Gasteiger partial charge < -0.3 is 10.6 Å². The zero-order chi connectivity index (χ0) is 15.3. The molecule has 0 aromatic heterocycles. The van der Waals surface area contributed by atoms with Crippen molar-refractivity contribution in [2.75, 3.05) is 6.54 Å². The summed E-state index contributed by atoms with van der Waals surface area (Å²) in [5, 5.41) is 6.37. The Balaban J connectivity index is 1.80. The van der Waals surface area contributed by atoms with Crippen molar-refractivity contribution in [3.63, 3.8) is 0 Å². The highest BCUT2D eigenvalue weighted by Gasteiger charge is 2.60. The summed E-state index contributed by atoms with van der Waals surface area (Å²) < 4.78 is 0. The van der Waals surface area contributed by atoms with Gasteiger partial charge in [0.05, 0.1) is 5.41 Å². The van der Waals surface area contributed by atoms with Gasteiger partial charge in [-0.1, -0.05) is 13.8 Å². The van der Waals surface area contributed by atoms with Crippen LogP contribution in [0, 0.1) is 23.2 Å². The zero-order valence-electron chi connectivity index (χ0n) is 13.5. The first-order valence-corrected chi connectivity index (χ1v) is 8.40. The van der Waals surface area contributed by atoms with Gasteiger partial charge in [-0.05, 0) is 56.3 Å². The second-order valence-corrected chi connectivity index (χ2v) is 8.31. The molecule has 0 aromatic carbocycles. The Labute approximate surface area is 127 Å². The van der Waals surface area contributed by atoms with E-state index in [1.165, 1.54) is 6.42 Å². The van der Waals surface area contributed by atoms with Crippen LogP contribution in [-0.4, -0.2) is 23.9 Å². The van der Waals surface area contributed by atoms with Crippen LogP contribution in [0.25, 0.3) is 0 Å². The van der Waals surface area contributed by atoms with Crippen LogP contribution in [-0.2, 0) is 9.59 Å². The first kappa shape index (κ1) is 14.9. The van der Waals surface area contributed by atoms with Gasteiger partial charge in [0.1, 0.15) is 0 Å². The number of hydrogen-bond donors (Lipinski definition) is 2. The Morgan fingerprint density at radius 2 is 1.76 bits per heavy atom. The molecular weight excluding hydrogens is 264 g/mol. The van der Waals surface area contributed by atoms with E-state index in [-0.39, 0.29) is 22.8 Å². The molecule has 0 radical (unpaired) electrons. The molecule has 4 bridgehead atoms. The number of amides is 2. The molecule has 4 aliphatic rings. The van der Waals surface area contributed by atoms with Crippen molar-refractivity contribution in [1.82, 2.24) is 10.6 Å². The second-order valence-electron chi connectivity index (χ2n) is 8.31. The Morgan fingerprint density at radius 1 is 1.14 bits per heavy atom. The van der Waals surface area contributed by atoms with Crippen molar-refractivity contribution < 1.29 is 9.59 Å². The first-order chi connectivity index (χ1) is 9.82. The van der Waals surface area contributed by atoms with E-state index in [1.54, 1.807) is 6.92 Å². The highest BCUT2D eigenvalue weighted by atomic mass is 16.2. The standard InChI is InChI=1S/C17H28N2O2/c1-11(2)9-18-15(21)16-5-13-4-14(6-16)8-17(7-13,10-16)19-12(3)20/h11,13-14H,4-10H2,1-3H3,(H,18,21)(H,19,20)/t13-,14+,16?,17?. The highest BCUT2D eigenvalue weighted by Crippen LogP contribution is 2.61. The SMILES string of the molecule is CC(=O)NC12C[C@H]3C[C@@H](C1)CC(C(=O)NCC(C)C)(C3)C2. The van der Waals surface area contributed by atoms with E-state index < -0.39 is 0 Å². The number of nitrogens with one attached hydrogen (secondary N) is 2. The summed E-state index contributed by atoms with van der Waals surface area (Å²) >= 11 is 0. The molecule has 21 heavy (non-hydrogen) atoms. The molecule has 2 N–H and O–H groups in total. The third-order valence-electron chi connectivity index (χ3n) is 5.65. The van der Waals surface area contributed by atoms with Crippen LogP contribution in [0.15, 0.2) is 0 Å². The molecule has 0 spiro atoms. The molecule has 0 heterocycles. The third kappa shape index (κ3) is 2.69. The van der Waals surface area contributed by atoms with Crippen molar-refractivity contribution in [2.24, 2.45) is 23.2 Å². The normalized spacial score (nSPS) is 40.4.